The van der Waals surface area contributed by atoms with Crippen LogP contribution in [0.5, 0.6) is 0 Å². The first-order chi connectivity index (χ1) is 14.8. The van der Waals surface area contributed by atoms with E-state index in [2.05, 4.69) is 4.98 Å². The molecule has 164 valence electrons. The van der Waals surface area contributed by atoms with Gasteiger partial charge in [0.1, 0.15) is 4.90 Å². The standard InChI is InChI=1S/C24H30N4O2S/c1-24(2,3)23-22(18-27(26-23)17-19-10-5-4-6-11-19)31(29,30)28-15-8-7-13-21(28)20-12-9-14-25-16-20/h4-6,9-12,14,16,18,21H,7-8,13,15,17H2,1-3H3. The molecule has 1 aliphatic rings. The average Bonchev–Trinajstić information content (AvgIpc) is 3.20. The lowest BCUT2D eigenvalue weighted by Gasteiger charge is -2.35. The van der Waals surface area contributed by atoms with Crippen molar-refractivity contribution < 1.29 is 8.42 Å². The number of nitrogens with zero attached hydrogens (tertiary/aromatic N) is 4. The summed E-state index contributed by atoms with van der Waals surface area (Å²) >= 11 is 0. The number of pyridine rings is 1. The summed E-state index contributed by atoms with van der Waals surface area (Å²) in [6, 6.07) is 13.6. The number of piperidine rings is 1. The van der Waals surface area contributed by atoms with Crippen LogP contribution in [0.3, 0.4) is 0 Å². The Morgan fingerprint density at radius 1 is 1.06 bits per heavy atom. The van der Waals surface area contributed by atoms with Crippen molar-refractivity contribution in [3.8, 4) is 0 Å². The van der Waals surface area contributed by atoms with E-state index in [1.165, 1.54) is 0 Å². The molecule has 0 N–H and O–H groups in total. The molecule has 1 aliphatic heterocycles. The Labute approximate surface area is 185 Å². The van der Waals surface area contributed by atoms with Gasteiger partial charge < -0.3 is 0 Å². The molecule has 1 atom stereocenters. The van der Waals surface area contributed by atoms with Crippen molar-refractivity contribution in [2.75, 3.05) is 6.54 Å². The fourth-order valence-electron chi connectivity index (χ4n) is 4.19. The van der Waals surface area contributed by atoms with Gasteiger partial charge in [-0.15, -0.1) is 0 Å². The molecular formula is C24H30N4O2S. The largest absolute Gasteiger partial charge is 0.267 e. The van der Waals surface area contributed by atoms with Crippen molar-refractivity contribution in [3.05, 3.63) is 77.9 Å². The summed E-state index contributed by atoms with van der Waals surface area (Å²) in [5, 5.41) is 4.73. The Bertz CT molecular complexity index is 1120. The molecule has 0 amide bonds. The molecule has 3 heterocycles. The maximum absolute atomic E-state index is 14.0. The van der Waals surface area contributed by atoms with Gasteiger partial charge in [-0.1, -0.05) is 63.6 Å². The van der Waals surface area contributed by atoms with Crippen LogP contribution in [-0.4, -0.2) is 34.0 Å². The van der Waals surface area contributed by atoms with Crippen molar-refractivity contribution >= 4 is 10.0 Å². The topological polar surface area (TPSA) is 68.1 Å². The monoisotopic (exact) mass is 438 g/mol. The molecule has 0 spiro atoms. The lowest BCUT2D eigenvalue weighted by Crippen LogP contribution is -2.39. The zero-order valence-electron chi connectivity index (χ0n) is 18.4. The second-order valence-corrected chi connectivity index (χ2v) is 11.0. The van der Waals surface area contributed by atoms with E-state index in [1.54, 1.807) is 27.6 Å². The predicted octanol–water partition coefficient (Wildman–Crippen LogP) is 4.54. The first-order valence-electron chi connectivity index (χ1n) is 10.8. The van der Waals surface area contributed by atoms with Crippen LogP contribution in [0.2, 0.25) is 0 Å². The van der Waals surface area contributed by atoms with Gasteiger partial charge in [-0.3, -0.25) is 9.67 Å². The highest BCUT2D eigenvalue weighted by Crippen LogP contribution is 2.38. The molecule has 0 bridgehead atoms. The van der Waals surface area contributed by atoms with Crippen LogP contribution in [-0.2, 0) is 22.0 Å². The van der Waals surface area contributed by atoms with Crippen LogP contribution in [0, 0.1) is 0 Å². The third-order valence-electron chi connectivity index (χ3n) is 5.74. The average molecular weight is 439 g/mol. The van der Waals surface area contributed by atoms with Crippen LogP contribution in [0.1, 0.15) is 62.9 Å². The second kappa shape index (κ2) is 8.55. The minimum absolute atomic E-state index is 0.197. The molecule has 1 aromatic carbocycles. The van der Waals surface area contributed by atoms with E-state index < -0.39 is 15.4 Å². The maximum Gasteiger partial charge on any atom is 0.247 e. The number of rotatable bonds is 5. The Morgan fingerprint density at radius 2 is 1.84 bits per heavy atom. The Hall–Kier alpha value is -2.51. The van der Waals surface area contributed by atoms with Crippen LogP contribution < -0.4 is 0 Å². The van der Waals surface area contributed by atoms with E-state index >= 15 is 0 Å². The highest BCUT2D eigenvalue weighted by atomic mass is 32.2. The summed E-state index contributed by atoms with van der Waals surface area (Å²) in [6.45, 7) is 7.07. The summed E-state index contributed by atoms with van der Waals surface area (Å²) in [5.41, 5.74) is 2.24. The van der Waals surface area contributed by atoms with Gasteiger partial charge in [0.05, 0.1) is 18.3 Å². The van der Waals surface area contributed by atoms with Crippen molar-refractivity contribution in [2.24, 2.45) is 0 Å². The second-order valence-electron chi connectivity index (χ2n) is 9.19. The third-order valence-corrected chi connectivity index (χ3v) is 7.64. The number of hydrogen-bond acceptors (Lipinski definition) is 4. The number of aromatic nitrogens is 3. The zero-order chi connectivity index (χ0) is 22.1. The molecule has 6 nitrogen and oxygen atoms in total. The van der Waals surface area contributed by atoms with Crippen LogP contribution in [0.4, 0.5) is 0 Å². The van der Waals surface area contributed by atoms with Crippen molar-refractivity contribution in [1.82, 2.24) is 19.1 Å². The number of sulfonamides is 1. The minimum atomic E-state index is -3.72. The molecule has 0 radical (unpaired) electrons. The fourth-order valence-corrected chi connectivity index (χ4v) is 6.22. The SMILES string of the molecule is CC(C)(C)c1nn(Cc2ccccc2)cc1S(=O)(=O)N1CCCCC1c1cccnc1. The molecule has 1 saturated heterocycles. The van der Waals surface area contributed by atoms with E-state index in [0.29, 0.717) is 23.7 Å². The smallest absolute Gasteiger partial charge is 0.247 e. The molecule has 0 saturated carbocycles. The lowest BCUT2D eigenvalue weighted by atomic mass is 9.92. The van der Waals surface area contributed by atoms with Crippen molar-refractivity contribution in [2.45, 2.75) is 62.9 Å². The molecule has 31 heavy (non-hydrogen) atoms. The van der Waals surface area contributed by atoms with Gasteiger partial charge in [-0.25, -0.2) is 8.42 Å². The molecule has 2 aromatic heterocycles. The van der Waals surface area contributed by atoms with Crippen LogP contribution in [0.25, 0.3) is 0 Å². The van der Waals surface area contributed by atoms with Crippen LogP contribution in [0.15, 0.2) is 66.0 Å². The van der Waals surface area contributed by atoms with Gasteiger partial charge in [0.25, 0.3) is 0 Å². The predicted molar refractivity (Wildman–Crippen MR) is 121 cm³/mol. The van der Waals surface area contributed by atoms with Gasteiger partial charge in [0.2, 0.25) is 10.0 Å². The minimum Gasteiger partial charge on any atom is -0.267 e. The van der Waals surface area contributed by atoms with Gasteiger partial charge in [0.15, 0.2) is 0 Å². The van der Waals surface area contributed by atoms with Gasteiger partial charge in [-0.2, -0.15) is 9.40 Å². The van der Waals surface area contributed by atoms with Crippen LogP contribution >= 0.6 is 0 Å². The van der Waals surface area contributed by atoms with Gasteiger partial charge >= 0.3 is 0 Å². The Kier molecular flexibility index (Phi) is 5.99. The molecule has 4 rings (SSSR count). The number of hydrogen-bond donors (Lipinski definition) is 0. The van der Waals surface area contributed by atoms with E-state index in [-0.39, 0.29) is 6.04 Å². The number of benzene rings is 1. The van der Waals surface area contributed by atoms with Crippen molar-refractivity contribution in [3.63, 3.8) is 0 Å². The third kappa shape index (κ3) is 4.57. The summed E-state index contributed by atoms with van der Waals surface area (Å²) in [6.07, 6.45) is 7.87. The van der Waals surface area contributed by atoms with E-state index in [4.69, 9.17) is 5.10 Å². The molecule has 1 unspecified atom stereocenters. The molecule has 7 heteroatoms. The molecule has 3 aromatic rings. The van der Waals surface area contributed by atoms with Crippen molar-refractivity contribution in [1.29, 1.82) is 0 Å². The Balaban J connectivity index is 1.75. The lowest BCUT2D eigenvalue weighted by molar-refractivity contribution is 0.255. The highest BCUT2D eigenvalue weighted by molar-refractivity contribution is 7.89. The van der Waals surface area contributed by atoms with E-state index in [0.717, 1.165) is 30.4 Å². The summed E-state index contributed by atoms with van der Waals surface area (Å²) < 4.78 is 31.3. The van der Waals surface area contributed by atoms with Gasteiger partial charge in [-0.05, 0) is 30.0 Å². The van der Waals surface area contributed by atoms with E-state index in [9.17, 15) is 8.42 Å². The highest BCUT2D eigenvalue weighted by Gasteiger charge is 2.39. The summed E-state index contributed by atoms with van der Waals surface area (Å²) in [5.74, 6) is 0. The fraction of sp³-hybridized carbons (Fsp3) is 0.417. The molecular weight excluding hydrogens is 408 g/mol. The molecule has 1 fully saturated rings. The normalized spacial score (nSPS) is 18.2. The van der Waals surface area contributed by atoms with E-state index in [1.807, 2.05) is 63.2 Å². The summed E-state index contributed by atoms with van der Waals surface area (Å²) in [4.78, 5) is 4.53. The summed E-state index contributed by atoms with van der Waals surface area (Å²) in [7, 11) is -3.72. The zero-order valence-corrected chi connectivity index (χ0v) is 19.2. The quantitative estimate of drug-likeness (QED) is 0.586. The Morgan fingerprint density at radius 3 is 2.52 bits per heavy atom. The molecule has 0 aliphatic carbocycles. The van der Waals surface area contributed by atoms with Gasteiger partial charge in [0, 0.05) is 30.6 Å². The maximum atomic E-state index is 14.0. The first kappa shape index (κ1) is 21.7. The first-order valence-corrected chi connectivity index (χ1v) is 12.2.